The van der Waals surface area contributed by atoms with Gasteiger partial charge in [-0.25, -0.2) is 13.5 Å². The molecule has 9 heteroatoms. The number of hydrogen-bond donors (Lipinski definition) is 2. The second kappa shape index (κ2) is 7.98. The van der Waals surface area contributed by atoms with Crippen LogP contribution in [0, 0.1) is 18.6 Å². The lowest BCUT2D eigenvalue weighted by Gasteiger charge is -2.32. The largest absolute Gasteiger partial charge is 0.363 e. The van der Waals surface area contributed by atoms with Crippen LogP contribution in [-0.2, 0) is 0 Å². The maximum absolute atomic E-state index is 14.0. The van der Waals surface area contributed by atoms with Gasteiger partial charge in [-0.3, -0.25) is 9.67 Å². The Kier molecular flexibility index (Phi) is 5.13. The summed E-state index contributed by atoms with van der Waals surface area (Å²) in [5.41, 5.74) is 4.61. The van der Waals surface area contributed by atoms with E-state index in [0.29, 0.717) is 22.0 Å². The first kappa shape index (κ1) is 20.6. The van der Waals surface area contributed by atoms with Gasteiger partial charge in [0.25, 0.3) is 6.43 Å². The van der Waals surface area contributed by atoms with Crippen molar-refractivity contribution in [3.8, 4) is 17.1 Å². The topological polar surface area (TPSA) is 63.5 Å². The van der Waals surface area contributed by atoms with Gasteiger partial charge >= 0.3 is 0 Å². The SMILES string of the molecule is Cc1ccc(-n2c(-c3cnn4c3N[C@H](c3ccccc3)C[C@@H]4C(F)F)n[nH]c2=S)c(C)c1. The summed E-state index contributed by atoms with van der Waals surface area (Å²) in [5.74, 6) is 1.04. The lowest BCUT2D eigenvalue weighted by Crippen LogP contribution is -2.31. The van der Waals surface area contributed by atoms with E-state index < -0.39 is 12.5 Å². The molecule has 0 saturated heterocycles. The molecule has 0 fully saturated rings. The number of anilines is 1. The highest BCUT2D eigenvalue weighted by molar-refractivity contribution is 7.71. The molecule has 0 spiro atoms. The van der Waals surface area contributed by atoms with Gasteiger partial charge in [-0.1, -0.05) is 48.0 Å². The highest BCUT2D eigenvalue weighted by atomic mass is 32.1. The Bertz CT molecular complexity index is 1320. The number of rotatable bonds is 4. The smallest absolute Gasteiger partial charge is 0.260 e. The van der Waals surface area contributed by atoms with Crippen LogP contribution in [0.5, 0.6) is 0 Å². The predicted molar refractivity (Wildman–Crippen MR) is 122 cm³/mol. The van der Waals surface area contributed by atoms with Crippen molar-refractivity contribution in [2.24, 2.45) is 0 Å². The molecular weight excluding hydrogens is 430 g/mol. The molecule has 0 unspecified atom stereocenters. The van der Waals surface area contributed by atoms with Crippen LogP contribution in [0.4, 0.5) is 14.6 Å². The van der Waals surface area contributed by atoms with Crippen LogP contribution in [0.1, 0.15) is 35.2 Å². The van der Waals surface area contributed by atoms with Gasteiger partial charge in [0, 0.05) is 0 Å². The number of benzene rings is 2. The highest BCUT2D eigenvalue weighted by Crippen LogP contribution is 2.42. The van der Waals surface area contributed by atoms with E-state index in [0.717, 1.165) is 22.4 Å². The zero-order valence-corrected chi connectivity index (χ0v) is 18.4. The molecule has 6 nitrogen and oxygen atoms in total. The molecule has 2 N–H and O–H groups in total. The van der Waals surface area contributed by atoms with Crippen molar-refractivity contribution in [1.29, 1.82) is 0 Å². The number of alkyl halides is 2. The lowest BCUT2D eigenvalue weighted by atomic mass is 9.97. The van der Waals surface area contributed by atoms with E-state index in [4.69, 9.17) is 12.2 Å². The van der Waals surface area contributed by atoms with E-state index in [1.807, 2.05) is 60.9 Å². The Morgan fingerprint density at radius 2 is 1.91 bits per heavy atom. The first-order valence-electron chi connectivity index (χ1n) is 10.4. The molecule has 0 amide bonds. The Morgan fingerprint density at radius 1 is 1.12 bits per heavy atom. The van der Waals surface area contributed by atoms with Crippen molar-refractivity contribution in [2.45, 2.75) is 38.8 Å². The minimum atomic E-state index is -2.55. The summed E-state index contributed by atoms with van der Waals surface area (Å²) < 4.78 is 31.6. The zero-order valence-electron chi connectivity index (χ0n) is 17.6. The van der Waals surface area contributed by atoms with Crippen molar-refractivity contribution < 1.29 is 8.78 Å². The summed E-state index contributed by atoms with van der Waals surface area (Å²) in [6.07, 6.45) is -0.731. The number of nitrogens with one attached hydrogen (secondary N) is 2. The van der Waals surface area contributed by atoms with Crippen LogP contribution in [0.15, 0.2) is 54.7 Å². The average Bonchev–Trinajstić information content (AvgIpc) is 3.37. The predicted octanol–water partition coefficient (Wildman–Crippen LogP) is 5.77. The number of hydrogen-bond acceptors (Lipinski definition) is 4. The third kappa shape index (κ3) is 3.42. The average molecular weight is 453 g/mol. The van der Waals surface area contributed by atoms with Crippen LogP contribution < -0.4 is 5.32 Å². The second-order valence-electron chi connectivity index (χ2n) is 8.07. The van der Waals surface area contributed by atoms with E-state index in [1.54, 1.807) is 6.20 Å². The maximum Gasteiger partial charge on any atom is 0.260 e. The van der Waals surface area contributed by atoms with Crippen molar-refractivity contribution in [2.75, 3.05) is 5.32 Å². The van der Waals surface area contributed by atoms with Gasteiger partial charge in [-0.15, -0.1) is 0 Å². The van der Waals surface area contributed by atoms with Crippen LogP contribution in [0.25, 0.3) is 17.1 Å². The molecule has 5 rings (SSSR count). The molecule has 2 atom stereocenters. The van der Waals surface area contributed by atoms with Crippen molar-refractivity contribution in [3.05, 3.63) is 76.2 Å². The van der Waals surface area contributed by atoms with Crippen LogP contribution in [0.3, 0.4) is 0 Å². The molecule has 0 bridgehead atoms. The molecule has 0 aliphatic carbocycles. The second-order valence-corrected chi connectivity index (χ2v) is 8.46. The van der Waals surface area contributed by atoms with Gasteiger partial charge in [-0.2, -0.15) is 10.2 Å². The third-order valence-corrected chi connectivity index (χ3v) is 6.17. The molecule has 2 aromatic carbocycles. The van der Waals surface area contributed by atoms with Crippen LogP contribution in [-0.4, -0.2) is 31.0 Å². The monoisotopic (exact) mass is 452 g/mol. The Balaban J connectivity index is 1.65. The normalized spacial score (nSPS) is 17.9. The summed E-state index contributed by atoms with van der Waals surface area (Å²) >= 11 is 5.52. The molecule has 2 aromatic heterocycles. The number of fused-ring (bicyclic) bond motifs is 1. The van der Waals surface area contributed by atoms with Crippen molar-refractivity contribution in [1.82, 2.24) is 24.5 Å². The molecule has 32 heavy (non-hydrogen) atoms. The first-order chi connectivity index (χ1) is 15.4. The molecule has 4 aromatic rings. The van der Waals surface area contributed by atoms with E-state index in [1.165, 1.54) is 4.68 Å². The summed E-state index contributed by atoms with van der Waals surface area (Å²) in [4.78, 5) is 0. The van der Waals surface area contributed by atoms with E-state index in [2.05, 4.69) is 26.7 Å². The standard InChI is InChI=1S/C23H22F2N6S/c1-13-8-9-18(14(2)10-13)30-22(28-29-23(30)32)16-12-26-31-19(20(24)25)11-17(27-21(16)31)15-6-4-3-5-7-15/h3-10,12,17,19-20,27H,11H2,1-2H3,(H,29,32)/t17-,19+/m0/s1. The maximum atomic E-state index is 14.0. The van der Waals surface area contributed by atoms with Crippen LogP contribution in [0.2, 0.25) is 0 Å². The number of aryl methyl sites for hydroxylation is 2. The number of H-pyrrole nitrogens is 1. The summed E-state index contributed by atoms with van der Waals surface area (Å²) in [5, 5.41) is 15.0. The summed E-state index contributed by atoms with van der Waals surface area (Å²) in [6.45, 7) is 4.03. The molecule has 3 heterocycles. The Hall–Kier alpha value is -3.33. The van der Waals surface area contributed by atoms with Gasteiger partial charge in [0.05, 0.1) is 23.5 Å². The minimum absolute atomic E-state index is 0.236. The van der Waals surface area contributed by atoms with Gasteiger partial charge < -0.3 is 5.32 Å². The lowest BCUT2D eigenvalue weighted by molar-refractivity contribution is 0.0659. The number of halogens is 2. The van der Waals surface area contributed by atoms with Gasteiger partial charge in [0.15, 0.2) is 10.6 Å². The summed E-state index contributed by atoms with van der Waals surface area (Å²) in [7, 11) is 0. The molecule has 0 radical (unpaired) electrons. The Labute approximate surface area is 188 Å². The fourth-order valence-electron chi connectivity index (χ4n) is 4.36. The molecule has 1 aliphatic heterocycles. The molecular formula is C23H22F2N6S. The van der Waals surface area contributed by atoms with Gasteiger partial charge in [0.2, 0.25) is 0 Å². The quantitative estimate of drug-likeness (QED) is 0.386. The molecule has 0 saturated carbocycles. The minimum Gasteiger partial charge on any atom is -0.363 e. The van der Waals surface area contributed by atoms with Crippen molar-refractivity contribution in [3.63, 3.8) is 0 Å². The third-order valence-electron chi connectivity index (χ3n) is 5.90. The summed E-state index contributed by atoms with van der Waals surface area (Å²) in [6, 6.07) is 14.4. The number of aromatic nitrogens is 5. The first-order valence-corrected chi connectivity index (χ1v) is 10.8. The van der Waals surface area contributed by atoms with Gasteiger partial charge in [-0.05, 0) is 49.7 Å². The van der Waals surface area contributed by atoms with E-state index >= 15 is 0 Å². The Morgan fingerprint density at radius 3 is 2.62 bits per heavy atom. The van der Waals surface area contributed by atoms with E-state index in [9.17, 15) is 8.78 Å². The fraction of sp³-hybridized carbons (Fsp3) is 0.261. The van der Waals surface area contributed by atoms with Crippen LogP contribution >= 0.6 is 12.2 Å². The number of nitrogens with zero attached hydrogens (tertiary/aromatic N) is 4. The number of aromatic amines is 1. The fourth-order valence-corrected chi connectivity index (χ4v) is 4.59. The van der Waals surface area contributed by atoms with Gasteiger partial charge in [0.1, 0.15) is 11.9 Å². The highest BCUT2D eigenvalue weighted by Gasteiger charge is 2.36. The van der Waals surface area contributed by atoms with E-state index in [-0.39, 0.29) is 12.5 Å². The molecule has 164 valence electrons. The van der Waals surface area contributed by atoms with Crippen molar-refractivity contribution >= 4 is 18.0 Å². The zero-order chi connectivity index (χ0) is 22.4. The molecule has 1 aliphatic rings.